The predicted octanol–water partition coefficient (Wildman–Crippen LogP) is 1.00. The SMILES string of the molecule is CCCN1CC[C@H](NC(=O)c2cncc(O)c2)C1. The highest BCUT2D eigenvalue weighted by molar-refractivity contribution is 5.94. The van der Waals surface area contributed by atoms with Gasteiger partial charge in [0.1, 0.15) is 5.75 Å². The van der Waals surface area contributed by atoms with Gasteiger partial charge in [0.25, 0.3) is 5.91 Å². The van der Waals surface area contributed by atoms with Crippen LogP contribution in [0.15, 0.2) is 18.5 Å². The lowest BCUT2D eigenvalue weighted by Gasteiger charge is -2.15. The van der Waals surface area contributed by atoms with Crippen LogP contribution in [-0.2, 0) is 0 Å². The van der Waals surface area contributed by atoms with E-state index >= 15 is 0 Å². The Labute approximate surface area is 107 Å². The Morgan fingerprint density at radius 1 is 1.61 bits per heavy atom. The zero-order valence-electron chi connectivity index (χ0n) is 10.6. The van der Waals surface area contributed by atoms with Crippen molar-refractivity contribution in [2.75, 3.05) is 19.6 Å². The number of nitrogens with one attached hydrogen (secondary N) is 1. The van der Waals surface area contributed by atoms with E-state index < -0.39 is 0 Å². The van der Waals surface area contributed by atoms with Crippen LogP contribution in [0.5, 0.6) is 5.75 Å². The molecule has 18 heavy (non-hydrogen) atoms. The van der Waals surface area contributed by atoms with Gasteiger partial charge < -0.3 is 15.3 Å². The summed E-state index contributed by atoms with van der Waals surface area (Å²) >= 11 is 0. The smallest absolute Gasteiger partial charge is 0.253 e. The lowest BCUT2D eigenvalue weighted by atomic mass is 10.2. The zero-order valence-corrected chi connectivity index (χ0v) is 10.6. The quantitative estimate of drug-likeness (QED) is 0.835. The first kappa shape index (κ1) is 12.8. The van der Waals surface area contributed by atoms with Gasteiger partial charge in [-0.05, 0) is 25.5 Å². The van der Waals surface area contributed by atoms with Crippen LogP contribution in [0.3, 0.4) is 0 Å². The van der Waals surface area contributed by atoms with Gasteiger partial charge in [-0.2, -0.15) is 0 Å². The first-order valence-corrected chi connectivity index (χ1v) is 6.36. The number of carbonyl (C=O) groups is 1. The third kappa shape index (κ3) is 3.20. The van der Waals surface area contributed by atoms with Crippen molar-refractivity contribution < 1.29 is 9.90 Å². The van der Waals surface area contributed by atoms with E-state index in [4.69, 9.17) is 0 Å². The number of rotatable bonds is 4. The van der Waals surface area contributed by atoms with Crippen molar-refractivity contribution in [3.63, 3.8) is 0 Å². The maximum absolute atomic E-state index is 11.9. The molecule has 2 rings (SSSR count). The Morgan fingerprint density at radius 2 is 2.44 bits per heavy atom. The Bertz CT molecular complexity index is 422. The van der Waals surface area contributed by atoms with Gasteiger partial charge in [0, 0.05) is 25.3 Å². The average Bonchev–Trinajstić information content (AvgIpc) is 2.77. The number of hydrogen-bond donors (Lipinski definition) is 2. The molecule has 1 saturated heterocycles. The molecule has 1 aromatic heterocycles. The molecule has 0 aromatic carbocycles. The number of pyridine rings is 1. The highest BCUT2D eigenvalue weighted by Gasteiger charge is 2.23. The maximum Gasteiger partial charge on any atom is 0.253 e. The van der Waals surface area contributed by atoms with Gasteiger partial charge in [-0.25, -0.2) is 0 Å². The third-order valence-corrected chi connectivity index (χ3v) is 3.13. The van der Waals surface area contributed by atoms with Gasteiger partial charge in [0.2, 0.25) is 0 Å². The molecule has 1 amide bonds. The molecule has 2 N–H and O–H groups in total. The van der Waals surface area contributed by atoms with Crippen molar-refractivity contribution in [2.45, 2.75) is 25.8 Å². The van der Waals surface area contributed by atoms with Gasteiger partial charge in [0.05, 0.1) is 11.8 Å². The molecule has 0 spiro atoms. The van der Waals surface area contributed by atoms with Crippen LogP contribution < -0.4 is 5.32 Å². The minimum Gasteiger partial charge on any atom is -0.506 e. The van der Waals surface area contributed by atoms with E-state index in [1.165, 1.54) is 18.5 Å². The summed E-state index contributed by atoms with van der Waals surface area (Å²) in [6, 6.07) is 1.63. The molecule has 0 bridgehead atoms. The van der Waals surface area contributed by atoms with Crippen molar-refractivity contribution in [1.29, 1.82) is 0 Å². The van der Waals surface area contributed by atoms with E-state index in [1.807, 2.05) is 0 Å². The lowest BCUT2D eigenvalue weighted by molar-refractivity contribution is 0.0937. The van der Waals surface area contributed by atoms with E-state index in [2.05, 4.69) is 22.1 Å². The van der Waals surface area contributed by atoms with Crippen LogP contribution in [-0.4, -0.2) is 46.6 Å². The van der Waals surface area contributed by atoms with E-state index in [0.29, 0.717) is 5.56 Å². The van der Waals surface area contributed by atoms with Gasteiger partial charge in [-0.15, -0.1) is 0 Å². The molecule has 5 heteroatoms. The summed E-state index contributed by atoms with van der Waals surface area (Å²) in [6.45, 7) is 5.19. The van der Waals surface area contributed by atoms with Crippen molar-refractivity contribution >= 4 is 5.91 Å². The monoisotopic (exact) mass is 249 g/mol. The first-order valence-electron chi connectivity index (χ1n) is 6.36. The second-order valence-corrected chi connectivity index (χ2v) is 4.69. The lowest BCUT2D eigenvalue weighted by Crippen LogP contribution is -2.37. The van der Waals surface area contributed by atoms with Crippen LogP contribution >= 0.6 is 0 Å². The minimum absolute atomic E-state index is 0.0154. The summed E-state index contributed by atoms with van der Waals surface area (Å²) in [5, 5.41) is 12.3. The molecule has 0 unspecified atom stereocenters. The Kier molecular flexibility index (Phi) is 4.15. The summed E-state index contributed by atoms with van der Waals surface area (Å²) in [5.41, 5.74) is 0.406. The summed E-state index contributed by atoms with van der Waals surface area (Å²) in [6.07, 6.45) is 4.90. The largest absolute Gasteiger partial charge is 0.506 e. The number of aromatic nitrogens is 1. The Balaban J connectivity index is 1.89. The second-order valence-electron chi connectivity index (χ2n) is 4.69. The minimum atomic E-state index is -0.165. The average molecular weight is 249 g/mol. The standard InChI is InChI=1S/C13H19N3O2/c1-2-4-16-5-3-11(9-16)15-13(18)10-6-12(17)8-14-7-10/h6-8,11,17H,2-5,9H2,1H3,(H,15,18)/t11-/m0/s1. The molecule has 1 fully saturated rings. The molecule has 2 heterocycles. The Hall–Kier alpha value is -1.62. The van der Waals surface area contributed by atoms with Crippen molar-refractivity contribution in [3.05, 3.63) is 24.0 Å². The molecular weight excluding hydrogens is 230 g/mol. The number of likely N-dealkylation sites (tertiary alicyclic amines) is 1. The number of amides is 1. The maximum atomic E-state index is 11.9. The number of carbonyl (C=O) groups excluding carboxylic acids is 1. The topological polar surface area (TPSA) is 65.5 Å². The molecule has 1 aliphatic rings. The highest BCUT2D eigenvalue weighted by Crippen LogP contribution is 2.12. The number of hydrogen-bond acceptors (Lipinski definition) is 4. The summed E-state index contributed by atoms with van der Waals surface area (Å²) < 4.78 is 0. The molecule has 1 atom stereocenters. The summed E-state index contributed by atoms with van der Waals surface area (Å²) in [4.78, 5) is 18.1. The molecule has 1 aliphatic heterocycles. The van der Waals surface area contributed by atoms with Crippen molar-refractivity contribution in [2.24, 2.45) is 0 Å². The van der Waals surface area contributed by atoms with E-state index in [1.54, 1.807) is 0 Å². The van der Waals surface area contributed by atoms with Gasteiger partial charge in [-0.3, -0.25) is 9.78 Å². The normalized spacial score (nSPS) is 19.9. The molecule has 0 radical (unpaired) electrons. The molecule has 98 valence electrons. The van der Waals surface area contributed by atoms with Crippen LogP contribution in [0.4, 0.5) is 0 Å². The Morgan fingerprint density at radius 3 is 3.17 bits per heavy atom. The first-order chi connectivity index (χ1) is 8.69. The zero-order chi connectivity index (χ0) is 13.0. The molecule has 5 nitrogen and oxygen atoms in total. The van der Waals surface area contributed by atoms with Gasteiger partial charge in [0.15, 0.2) is 0 Å². The van der Waals surface area contributed by atoms with E-state index in [-0.39, 0.29) is 17.7 Å². The second kappa shape index (κ2) is 5.82. The number of aromatic hydroxyl groups is 1. The van der Waals surface area contributed by atoms with Crippen LogP contribution in [0.1, 0.15) is 30.1 Å². The van der Waals surface area contributed by atoms with Crippen molar-refractivity contribution in [1.82, 2.24) is 15.2 Å². The third-order valence-electron chi connectivity index (χ3n) is 3.13. The molecular formula is C13H19N3O2. The number of nitrogens with zero attached hydrogens (tertiary/aromatic N) is 2. The van der Waals surface area contributed by atoms with E-state index in [9.17, 15) is 9.90 Å². The van der Waals surface area contributed by atoms with Crippen LogP contribution in [0.25, 0.3) is 0 Å². The van der Waals surface area contributed by atoms with Gasteiger partial charge >= 0.3 is 0 Å². The predicted molar refractivity (Wildman–Crippen MR) is 68.5 cm³/mol. The van der Waals surface area contributed by atoms with Crippen LogP contribution in [0, 0.1) is 0 Å². The fourth-order valence-corrected chi connectivity index (χ4v) is 2.29. The fraction of sp³-hybridized carbons (Fsp3) is 0.538. The molecule has 0 aliphatic carbocycles. The molecule has 0 saturated carbocycles. The summed E-state index contributed by atoms with van der Waals surface area (Å²) in [5.74, 6) is -0.150. The van der Waals surface area contributed by atoms with Crippen molar-refractivity contribution in [3.8, 4) is 5.75 Å². The fourth-order valence-electron chi connectivity index (χ4n) is 2.29. The summed E-state index contributed by atoms with van der Waals surface area (Å²) in [7, 11) is 0. The molecule has 1 aromatic rings. The van der Waals surface area contributed by atoms with Crippen LogP contribution in [0.2, 0.25) is 0 Å². The van der Waals surface area contributed by atoms with E-state index in [0.717, 1.165) is 32.5 Å². The van der Waals surface area contributed by atoms with Gasteiger partial charge in [-0.1, -0.05) is 6.92 Å². The highest BCUT2D eigenvalue weighted by atomic mass is 16.3.